The quantitative estimate of drug-likeness (QED) is 0.659. The van der Waals surface area contributed by atoms with Gasteiger partial charge in [-0.05, 0) is 21.0 Å². The van der Waals surface area contributed by atoms with Crippen molar-refractivity contribution in [2.24, 2.45) is 0 Å². The maximum absolute atomic E-state index is 11.2. The molecular weight excluding hydrogens is 154 g/mol. The van der Waals surface area contributed by atoms with Crippen LogP contribution in [0.15, 0.2) is 0 Å². The first kappa shape index (κ1) is 11.2. The first-order valence-corrected chi connectivity index (χ1v) is 4.21. The molecule has 2 amide bonds. The zero-order valence-electron chi connectivity index (χ0n) is 8.42. The Morgan fingerprint density at radius 3 is 2.25 bits per heavy atom. The molecule has 0 rings (SSSR count). The number of carbonyl (C=O) groups is 1. The summed E-state index contributed by atoms with van der Waals surface area (Å²) < 4.78 is 0. The van der Waals surface area contributed by atoms with Crippen LogP contribution >= 0.6 is 0 Å². The molecule has 1 N–H and O–H groups in total. The molecule has 0 atom stereocenters. The normalized spacial score (nSPS) is 10.1. The van der Waals surface area contributed by atoms with E-state index in [9.17, 15) is 4.79 Å². The Balaban J connectivity index is 3.56. The molecule has 72 valence electrons. The van der Waals surface area contributed by atoms with Crippen LogP contribution in [0.5, 0.6) is 0 Å². The third-order valence-corrected chi connectivity index (χ3v) is 1.56. The molecule has 0 aliphatic rings. The van der Waals surface area contributed by atoms with Crippen LogP contribution in [-0.2, 0) is 0 Å². The van der Waals surface area contributed by atoms with Crippen molar-refractivity contribution < 1.29 is 4.79 Å². The van der Waals surface area contributed by atoms with Crippen LogP contribution in [0.3, 0.4) is 0 Å². The van der Waals surface area contributed by atoms with Crippen molar-refractivity contribution in [3.63, 3.8) is 0 Å². The summed E-state index contributed by atoms with van der Waals surface area (Å²) in [5.74, 6) is 0. The topological polar surface area (TPSA) is 35.6 Å². The van der Waals surface area contributed by atoms with Gasteiger partial charge in [0, 0.05) is 26.7 Å². The second-order valence-corrected chi connectivity index (χ2v) is 3.06. The van der Waals surface area contributed by atoms with Gasteiger partial charge in [-0.25, -0.2) is 4.79 Å². The summed E-state index contributed by atoms with van der Waals surface area (Å²) in [6.45, 7) is 4.26. The Hall–Kier alpha value is -0.770. The first-order chi connectivity index (χ1) is 5.57. The second kappa shape index (κ2) is 5.83. The molecule has 0 saturated heterocycles. The lowest BCUT2D eigenvalue weighted by atomic mass is 10.5. The molecule has 0 heterocycles. The molecule has 0 aliphatic carbocycles. The molecule has 0 aromatic rings. The van der Waals surface area contributed by atoms with Crippen LogP contribution < -0.4 is 5.32 Å². The van der Waals surface area contributed by atoms with Crippen molar-refractivity contribution >= 4 is 6.03 Å². The molecule has 0 aromatic carbocycles. The summed E-state index contributed by atoms with van der Waals surface area (Å²) in [7, 11) is 5.78. The highest BCUT2D eigenvalue weighted by atomic mass is 16.2. The van der Waals surface area contributed by atoms with Gasteiger partial charge < -0.3 is 15.1 Å². The summed E-state index contributed by atoms with van der Waals surface area (Å²) in [5, 5.41) is 2.74. The number of carbonyl (C=O) groups excluding carboxylic acids is 1. The number of likely N-dealkylation sites (N-methyl/N-ethyl adjacent to an activating group) is 2. The fourth-order valence-corrected chi connectivity index (χ4v) is 0.738. The van der Waals surface area contributed by atoms with Gasteiger partial charge in [-0.3, -0.25) is 0 Å². The van der Waals surface area contributed by atoms with E-state index in [0.29, 0.717) is 6.54 Å². The minimum atomic E-state index is -0.000602. The van der Waals surface area contributed by atoms with Gasteiger partial charge in [0.25, 0.3) is 0 Å². The molecule has 0 radical (unpaired) electrons. The van der Waals surface area contributed by atoms with Crippen LogP contribution in [0.1, 0.15) is 6.92 Å². The van der Waals surface area contributed by atoms with Crippen LogP contribution in [-0.4, -0.2) is 56.6 Å². The van der Waals surface area contributed by atoms with Gasteiger partial charge in [-0.1, -0.05) is 0 Å². The van der Waals surface area contributed by atoms with Crippen molar-refractivity contribution in [2.45, 2.75) is 6.92 Å². The molecule has 0 aliphatic heterocycles. The van der Waals surface area contributed by atoms with Crippen LogP contribution in [0, 0.1) is 0 Å². The standard InChI is InChI=1S/C8H19N3O/c1-5-9-8(12)11(4)7-6-10(2)3/h5-7H2,1-4H3,(H,9,12). The zero-order valence-corrected chi connectivity index (χ0v) is 8.42. The van der Waals surface area contributed by atoms with Crippen LogP contribution in [0.2, 0.25) is 0 Å². The molecule has 4 heteroatoms. The summed E-state index contributed by atoms with van der Waals surface area (Å²) in [6, 6.07) is -0.000602. The van der Waals surface area contributed by atoms with Gasteiger partial charge in [0.2, 0.25) is 0 Å². The van der Waals surface area contributed by atoms with E-state index < -0.39 is 0 Å². The van der Waals surface area contributed by atoms with Gasteiger partial charge in [0.15, 0.2) is 0 Å². The highest BCUT2D eigenvalue weighted by Gasteiger charge is 2.05. The maximum atomic E-state index is 11.2. The van der Waals surface area contributed by atoms with Crippen molar-refractivity contribution in [1.82, 2.24) is 15.1 Å². The Labute approximate surface area is 74.5 Å². The fraction of sp³-hybridized carbons (Fsp3) is 0.875. The average Bonchev–Trinajstić information content (AvgIpc) is 2.00. The van der Waals surface area contributed by atoms with Crippen molar-refractivity contribution in [2.75, 3.05) is 40.8 Å². The summed E-state index contributed by atoms with van der Waals surface area (Å²) in [4.78, 5) is 14.9. The number of nitrogens with zero attached hydrogens (tertiary/aromatic N) is 2. The van der Waals surface area contributed by atoms with E-state index in [4.69, 9.17) is 0 Å². The lowest BCUT2D eigenvalue weighted by Crippen LogP contribution is -2.40. The van der Waals surface area contributed by atoms with Crippen molar-refractivity contribution in [3.05, 3.63) is 0 Å². The summed E-state index contributed by atoms with van der Waals surface area (Å²) in [5.41, 5.74) is 0. The van der Waals surface area contributed by atoms with E-state index >= 15 is 0 Å². The van der Waals surface area contributed by atoms with Gasteiger partial charge in [-0.2, -0.15) is 0 Å². The predicted molar refractivity (Wildman–Crippen MR) is 50.3 cm³/mol. The van der Waals surface area contributed by atoms with E-state index in [1.807, 2.05) is 21.0 Å². The highest BCUT2D eigenvalue weighted by molar-refractivity contribution is 5.73. The number of amides is 2. The minimum absolute atomic E-state index is 0.000602. The zero-order chi connectivity index (χ0) is 9.56. The SMILES string of the molecule is CCNC(=O)N(C)CCN(C)C. The van der Waals surface area contributed by atoms with E-state index in [2.05, 4.69) is 10.2 Å². The Bertz CT molecular complexity index is 136. The minimum Gasteiger partial charge on any atom is -0.338 e. The highest BCUT2D eigenvalue weighted by Crippen LogP contribution is 1.84. The third kappa shape index (κ3) is 4.96. The molecule has 12 heavy (non-hydrogen) atoms. The number of urea groups is 1. The average molecular weight is 173 g/mol. The molecule has 0 fully saturated rings. The number of nitrogens with one attached hydrogen (secondary N) is 1. The predicted octanol–water partition coefficient (Wildman–Crippen LogP) is 0.209. The third-order valence-electron chi connectivity index (χ3n) is 1.56. The molecule has 0 spiro atoms. The van der Waals surface area contributed by atoms with Gasteiger partial charge in [-0.15, -0.1) is 0 Å². The molecule has 4 nitrogen and oxygen atoms in total. The molecular formula is C8H19N3O. The smallest absolute Gasteiger partial charge is 0.317 e. The second-order valence-electron chi connectivity index (χ2n) is 3.06. The van der Waals surface area contributed by atoms with Gasteiger partial charge in [0.05, 0.1) is 0 Å². The van der Waals surface area contributed by atoms with Gasteiger partial charge in [0.1, 0.15) is 0 Å². The van der Waals surface area contributed by atoms with E-state index in [1.54, 1.807) is 11.9 Å². The Morgan fingerprint density at radius 2 is 1.83 bits per heavy atom. The maximum Gasteiger partial charge on any atom is 0.317 e. The van der Waals surface area contributed by atoms with Crippen molar-refractivity contribution in [3.8, 4) is 0 Å². The largest absolute Gasteiger partial charge is 0.338 e. The Morgan fingerprint density at radius 1 is 1.25 bits per heavy atom. The molecule has 0 saturated carbocycles. The first-order valence-electron chi connectivity index (χ1n) is 4.21. The Kier molecular flexibility index (Phi) is 5.45. The summed E-state index contributed by atoms with van der Waals surface area (Å²) in [6.07, 6.45) is 0. The van der Waals surface area contributed by atoms with Crippen LogP contribution in [0.4, 0.5) is 4.79 Å². The molecule has 0 unspecified atom stereocenters. The van der Waals surface area contributed by atoms with Crippen molar-refractivity contribution in [1.29, 1.82) is 0 Å². The van der Waals surface area contributed by atoms with E-state index in [1.165, 1.54) is 0 Å². The van der Waals surface area contributed by atoms with Crippen LogP contribution in [0.25, 0.3) is 0 Å². The van der Waals surface area contributed by atoms with Gasteiger partial charge >= 0.3 is 6.03 Å². The lowest BCUT2D eigenvalue weighted by molar-refractivity contribution is 0.204. The monoisotopic (exact) mass is 173 g/mol. The molecule has 0 aromatic heterocycles. The fourth-order valence-electron chi connectivity index (χ4n) is 0.738. The number of rotatable bonds is 4. The number of hydrogen-bond acceptors (Lipinski definition) is 2. The summed E-state index contributed by atoms with van der Waals surface area (Å²) >= 11 is 0. The molecule has 0 bridgehead atoms. The number of hydrogen-bond donors (Lipinski definition) is 1. The van der Waals surface area contributed by atoms with E-state index in [0.717, 1.165) is 13.1 Å². The van der Waals surface area contributed by atoms with E-state index in [-0.39, 0.29) is 6.03 Å². The lowest BCUT2D eigenvalue weighted by Gasteiger charge is -2.19.